The maximum absolute atomic E-state index is 12.7. The van der Waals surface area contributed by atoms with Gasteiger partial charge in [0.15, 0.2) is 5.82 Å². The van der Waals surface area contributed by atoms with Crippen LogP contribution in [-0.2, 0) is 7.05 Å². The molecule has 0 saturated heterocycles. The molecule has 0 N–H and O–H groups in total. The smallest absolute Gasteiger partial charge is 0.228 e. The van der Waals surface area contributed by atoms with E-state index in [1.54, 1.807) is 17.0 Å². The average Bonchev–Trinajstić information content (AvgIpc) is 3.06. The predicted octanol–water partition coefficient (Wildman–Crippen LogP) is 3.94. The van der Waals surface area contributed by atoms with Gasteiger partial charge in [-0.2, -0.15) is 0 Å². The van der Waals surface area contributed by atoms with Crippen LogP contribution in [-0.4, -0.2) is 34.3 Å². The molecule has 0 saturated carbocycles. The number of hydrogen-bond acceptors (Lipinski definition) is 3. The molecule has 128 valence electrons. The molecule has 4 nitrogen and oxygen atoms in total. The number of rotatable bonds is 5. The molecular formula is C21H23N3O. The average molecular weight is 333 g/mol. The molecule has 0 radical (unpaired) electrons. The number of imidazole rings is 1. The van der Waals surface area contributed by atoms with E-state index >= 15 is 0 Å². The number of benzene rings is 2. The maximum Gasteiger partial charge on any atom is 0.228 e. The Morgan fingerprint density at radius 2 is 1.76 bits per heavy atom. The Bertz CT molecular complexity index is 895. The summed E-state index contributed by atoms with van der Waals surface area (Å²) in [5.41, 5.74) is 4.05. The molecule has 1 heterocycles. The Kier molecular flexibility index (Phi) is 4.81. The van der Waals surface area contributed by atoms with Gasteiger partial charge in [0.25, 0.3) is 0 Å². The van der Waals surface area contributed by atoms with Gasteiger partial charge in [0.05, 0.1) is 0 Å². The number of ketones is 1. The Hall–Kier alpha value is -2.72. The van der Waals surface area contributed by atoms with Crippen LogP contribution in [0.3, 0.4) is 0 Å². The lowest BCUT2D eigenvalue weighted by Crippen LogP contribution is -2.16. The molecule has 2 aromatic carbocycles. The number of hydrogen-bond donors (Lipinski definition) is 0. The first-order chi connectivity index (χ1) is 12.0. The van der Waals surface area contributed by atoms with Gasteiger partial charge in [0.1, 0.15) is 0 Å². The number of nitrogens with zero attached hydrogens (tertiary/aromatic N) is 3. The van der Waals surface area contributed by atoms with Crippen molar-refractivity contribution in [3.63, 3.8) is 0 Å². The fourth-order valence-electron chi connectivity index (χ4n) is 2.83. The molecule has 1 atom stereocenters. The molecule has 3 rings (SSSR count). The van der Waals surface area contributed by atoms with E-state index in [2.05, 4.69) is 55.2 Å². The zero-order chi connectivity index (χ0) is 18.0. The summed E-state index contributed by atoms with van der Waals surface area (Å²) >= 11 is 0. The Morgan fingerprint density at radius 3 is 2.40 bits per heavy atom. The molecule has 1 unspecified atom stereocenters. The van der Waals surface area contributed by atoms with Crippen molar-refractivity contribution in [1.82, 2.24) is 14.5 Å². The van der Waals surface area contributed by atoms with Gasteiger partial charge in [-0.25, -0.2) is 4.98 Å². The van der Waals surface area contributed by atoms with Gasteiger partial charge < -0.3 is 9.47 Å². The van der Waals surface area contributed by atoms with Gasteiger partial charge >= 0.3 is 0 Å². The third-order valence-corrected chi connectivity index (χ3v) is 4.63. The topological polar surface area (TPSA) is 38.1 Å². The second-order valence-electron chi connectivity index (χ2n) is 6.54. The summed E-state index contributed by atoms with van der Waals surface area (Å²) in [5.74, 6) is 0.388. The van der Waals surface area contributed by atoms with Gasteiger partial charge in [0.2, 0.25) is 5.78 Å². The quantitative estimate of drug-likeness (QED) is 0.664. The summed E-state index contributed by atoms with van der Waals surface area (Å²) in [6.45, 7) is 2.18. The van der Waals surface area contributed by atoms with E-state index < -0.39 is 0 Å². The molecule has 0 amide bonds. The summed E-state index contributed by atoms with van der Waals surface area (Å²) < 4.78 is 1.74. The standard InChI is InChI=1S/C21H23N3O/c1-15(23(2)3)16-7-5-8-17(13-16)18-9-6-10-19(14-18)20(25)21-22-11-12-24(21)4/h5-15H,1-4H3. The molecule has 0 aliphatic rings. The first-order valence-corrected chi connectivity index (χ1v) is 8.36. The second kappa shape index (κ2) is 7.03. The van der Waals surface area contributed by atoms with Crippen LogP contribution in [0.2, 0.25) is 0 Å². The molecule has 25 heavy (non-hydrogen) atoms. The number of aromatic nitrogens is 2. The Labute approximate surface area is 148 Å². The van der Waals surface area contributed by atoms with Gasteiger partial charge in [-0.1, -0.05) is 36.4 Å². The minimum atomic E-state index is -0.0628. The maximum atomic E-state index is 12.7. The first-order valence-electron chi connectivity index (χ1n) is 8.36. The van der Waals surface area contributed by atoms with Crippen LogP contribution in [0.15, 0.2) is 60.9 Å². The summed E-state index contributed by atoms with van der Waals surface area (Å²) in [7, 11) is 5.98. The highest BCUT2D eigenvalue weighted by Gasteiger charge is 2.15. The fraction of sp³-hybridized carbons (Fsp3) is 0.238. The van der Waals surface area contributed by atoms with E-state index in [1.807, 2.05) is 31.3 Å². The third kappa shape index (κ3) is 3.54. The van der Waals surface area contributed by atoms with E-state index in [0.29, 0.717) is 17.4 Å². The molecular weight excluding hydrogens is 310 g/mol. The van der Waals surface area contributed by atoms with Gasteiger partial charge in [-0.3, -0.25) is 4.79 Å². The van der Waals surface area contributed by atoms with E-state index in [1.165, 1.54) is 5.56 Å². The Balaban J connectivity index is 1.96. The van der Waals surface area contributed by atoms with E-state index in [0.717, 1.165) is 11.1 Å². The lowest BCUT2D eigenvalue weighted by molar-refractivity contribution is 0.102. The molecule has 1 aromatic heterocycles. The summed E-state index contributed by atoms with van der Waals surface area (Å²) in [6.07, 6.45) is 3.42. The molecule has 0 aliphatic heterocycles. The van der Waals surface area contributed by atoms with E-state index in [-0.39, 0.29) is 5.78 Å². The van der Waals surface area contributed by atoms with Crippen LogP contribution in [0.1, 0.15) is 34.7 Å². The number of carbonyl (C=O) groups excluding carboxylic acids is 1. The number of aryl methyl sites for hydroxylation is 1. The minimum Gasteiger partial charge on any atom is -0.331 e. The van der Waals surface area contributed by atoms with Gasteiger partial charge in [-0.15, -0.1) is 0 Å². The molecule has 4 heteroatoms. The van der Waals surface area contributed by atoms with Crippen molar-refractivity contribution >= 4 is 5.78 Å². The highest BCUT2D eigenvalue weighted by Crippen LogP contribution is 2.26. The van der Waals surface area contributed by atoms with Crippen molar-refractivity contribution in [1.29, 1.82) is 0 Å². The SMILES string of the molecule is CC(c1cccc(-c2cccc(C(=O)c3nccn3C)c2)c1)N(C)C. The molecule has 0 bridgehead atoms. The zero-order valence-electron chi connectivity index (χ0n) is 15.1. The summed E-state index contributed by atoms with van der Waals surface area (Å²) in [4.78, 5) is 19.0. The van der Waals surface area contributed by atoms with Crippen molar-refractivity contribution < 1.29 is 4.79 Å². The first kappa shape index (κ1) is 17.1. The lowest BCUT2D eigenvalue weighted by Gasteiger charge is -2.20. The monoisotopic (exact) mass is 333 g/mol. The largest absolute Gasteiger partial charge is 0.331 e. The predicted molar refractivity (Wildman–Crippen MR) is 101 cm³/mol. The molecule has 3 aromatic rings. The van der Waals surface area contributed by atoms with Crippen molar-refractivity contribution in [2.24, 2.45) is 7.05 Å². The highest BCUT2D eigenvalue weighted by atomic mass is 16.1. The Morgan fingerprint density at radius 1 is 1.08 bits per heavy atom. The van der Waals surface area contributed by atoms with E-state index in [9.17, 15) is 4.79 Å². The van der Waals surface area contributed by atoms with Crippen molar-refractivity contribution in [3.05, 3.63) is 77.9 Å². The van der Waals surface area contributed by atoms with Crippen LogP contribution in [0, 0.1) is 0 Å². The molecule has 0 aliphatic carbocycles. The van der Waals surface area contributed by atoms with Crippen molar-refractivity contribution in [3.8, 4) is 11.1 Å². The zero-order valence-corrected chi connectivity index (χ0v) is 15.1. The second-order valence-corrected chi connectivity index (χ2v) is 6.54. The normalized spacial score (nSPS) is 12.4. The van der Waals surface area contributed by atoms with Crippen LogP contribution in [0.25, 0.3) is 11.1 Å². The minimum absolute atomic E-state index is 0.0628. The van der Waals surface area contributed by atoms with Crippen molar-refractivity contribution in [2.75, 3.05) is 14.1 Å². The van der Waals surface area contributed by atoms with Crippen LogP contribution >= 0.6 is 0 Å². The summed E-state index contributed by atoms with van der Waals surface area (Å²) in [5, 5.41) is 0. The van der Waals surface area contributed by atoms with Crippen LogP contribution in [0.5, 0.6) is 0 Å². The van der Waals surface area contributed by atoms with E-state index in [4.69, 9.17) is 0 Å². The number of carbonyl (C=O) groups is 1. The van der Waals surface area contributed by atoms with Crippen LogP contribution < -0.4 is 0 Å². The summed E-state index contributed by atoms with van der Waals surface area (Å²) in [6, 6.07) is 16.5. The van der Waals surface area contributed by atoms with Crippen LogP contribution in [0.4, 0.5) is 0 Å². The fourth-order valence-corrected chi connectivity index (χ4v) is 2.83. The van der Waals surface area contributed by atoms with Gasteiger partial charge in [-0.05, 0) is 49.8 Å². The molecule has 0 fully saturated rings. The molecule has 0 spiro atoms. The highest BCUT2D eigenvalue weighted by molar-refractivity contribution is 6.07. The van der Waals surface area contributed by atoms with Gasteiger partial charge in [0, 0.05) is 31.0 Å². The lowest BCUT2D eigenvalue weighted by atomic mass is 9.97. The third-order valence-electron chi connectivity index (χ3n) is 4.63. The van der Waals surface area contributed by atoms with Crippen molar-refractivity contribution in [2.45, 2.75) is 13.0 Å².